The average molecular weight is 374 g/mol. The van der Waals surface area contributed by atoms with E-state index in [4.69, 9.17) is 21.0 Å². The second-order valence-corrected chi connectivity index (χ2v) is 7.94. The largest absolute Gasteiger partial charge is 0.192 e. The molecule has 4 nitrogen and oxygen atoms in total. The van der Waals surface area contributed by atoms with Gasteiger partial charge in [-0.15, -0.1) is 34.0 Å². The maximum absolute atomic E-state index is 8.95. The number of hydrogen-bond donors (Lipinski definition) is 0. The second kappa shape index (κ2) is 7.14. The summed E-state index contributed by atoms with van der Waals surface area (Å²) in [4.78, 5) is 0. The normalized spacial score (nSPS) is 12.3. The molecule has 0 bridgehead atoms. The van der Waals surface area contributed by atoms with Crippen molar-refractivity contribution >= 4 is 45.2 Å². The molecule has 0 saturated heterocycles. The molecule has 0 radical (unpaired) electrons. The molecule has 0 atom stereocenters. The fourth-order valence-corrected chi connectivity index (χ4v) is 5.17. The molecule has 0 aliphatic heterocycles. The Morgan fingerprint density at radius 1 is 0.520 bits per heavy atom. The van der Waals surface area contributed by atoms with Crippen LogP contribution in [-0.2, 0) is 0 Å². The lowest BCUT2D eigenvalue weighted by Gasteiger charge is -1.75. The van der Waals surface area contributed by atoms with Gasteiger partial charge < -0.3 is 0 Å². The summed E-state index contributed by atoms with van der Waals surface area (Å²) in [6.07, 6.45) is 0. The maximum atomic E-state index is 8.95. The lowest BCUT2D eigenvalue weighted by atomic mass is 10.3. The van der Waals surface area contributed by atoms with E-state index in [0.29, 0.717) is 9.06 Å². The minimum Gasteiger partial charge on any atom is -0.192 e. The van der Waals surface area contributed by atoms with E-state index in [1.54, 1.807) is 23.5 Å². The van der Waals surface area contributed by atoms with Gasteiger partial charge in [0.1, 0.15) is 35.4 Å². The van der Waals surface area contributed by atoms with Gasteiger partial charge in [-0.2, -0.15) is 21.0 Å². The van der Waals surface area contributed by atoms with Crippen LogP contribution in [0.5, 0.6) is 0 Å². The number of hydrogen-bond acceptors (Lipinski definition) is 7. The van der Waals surface area contributed by atoms with Crippen LogP contribution in [0.25, 0.3) is 11.1 Å². The van der Waals surface area contributed by atoms with E-state index in [1.165, 1.54) is 22.7 Å². The first-order valence-electron chi connectivity index (χ1n) is 6.85. The molecule has 3 aromatic heterocycles. The van der Waals surface area contributed by atoms with Crippen molar-refractivity contribution in [1.82, 2.24) is 0 Å². The minimum atomic E-state index is 0.118. The summed E-state index contributed by atoms with van der Waals surface area (Å²) in [5.74, 6) is 0. The highest BCUT2D eigenvalue weighted by Gasteiger charge is 1.99. The summed E-state index contributed by atoms with van der Waals surface area (Å²) in [5.41, 5.74) is 0.235. The van der Waals surface area contributed by atoms with Crippen LogP contribution >= 0.6 is 34.0 Å². The third kappa shape index (κ3) is 3.22. The lowest BCUT2D eigenvalue weighted by Crippen LogP contribution is -1.93. The van der Waals surface area contributed by atoms with Crippen LogP contribution < -0.4 is 9.06 Å². The molecule has 3 aromatic rings. The van der Waals surface area contributed by atoms with Crippen molar-refractivity contribution in [3.05, 3.63) is 63.6 Å². The predicted octanol–water partition coefficient (Wildman–Crippen LogP) is 2.84. The molecule has 3 heterocycles. The van der Waals surface area contributed by atoms with Gasteiger partial charge in [0.15, 0.2) is 0 Å². The van der Waals surface area contributed by atoms with Gasteiger partial charge in [-0.05, 0) is 36.4 Å². The fourth-order valence-electron chi connectivity index (χ4n) is 2.08. The summed E-state index contributed by atoms with van der Waals surface area (Å²) in [6.45, 7) is 0. The van der Waals surface area contributed by atoms with E-state index in [-0.39, 0.29) is 11.1 Å². The Balaban J connectivity index is 2.32. The van der Waals surface area contributed by atoms with Crippen LogP contribution in [0.3, 0.4) is 0 Å². The third-order valence-corrected chi connectivity index (χ3v) is 6.93. The molecule has 0 saturated carbocycles. The molecule has 0 aliphatic carbocycles. The van der Waals surface area contributed by atoms with Gasteiger partial charge in [0.05, 0.1) is 9.06 Å². The Labute approximate surface area is 153 Å². The highest BCUT2D eigenvalue weighted by molar-refractivity contribution is 7.13. The van der Waals surface area contributed by atoms with Crippen LogP contribution in [0.1, 0.15) is 0 Å². The van der Waals surface area contributed by atoms with Crippen molar-refractivity contribution < 1.29 is 0 Å². The molecular weight excluding hydrogens is 368 g/mol. The first-order valence-corrected chi connectivity index (χ1v) is 9.30. The van der Waals surface area contributed by atoms with E-state index in [9.17, 15) is 0 Å². The van der Waals surface area contributed by atoms with E-state index >= 15 is 0 Å². The van der Waals surface area contributed by atoms with Crippen LogP contribution in [0.2, 0.25) is 0 Å². The second-order valence-electron chi connectivity index (χ2n) is 4.69. The van der Waals surface area contributed by atoms with E-state index in [0.717, 1.165) is 18.1 Å². The Kier molecular flexibility index (Phi) is 4.75. The van der Waals surface area contributed by atoms with E-state index in [1.807, 2.05) is 48.5 Å². The number of nitriles is 4. The zero-order valence-electron chi connectivity index (χ0n) is 12.5. The van der Waals surface area contributed by atoms with Crippen molar-refractivity contribution in [2.24, 2.45) is 0 Å². The molecular formula is C18H6N4S3. The fraction of sp³-hybridized carbons (Fsp3) is 0. The molecule has 3 rings (SSSR count). The smallest absolute Gasteiger partial charge is 0.146 e. The monoisotopic (exact) mass is 374 g/mol. The minimum absolute atomic E-state index is 0.118. The van der Waals surface area contributed by atoms with Crippen molar-refractivity contribution in [1.29, 1.82) is 21.0 Å². The van der Waals surface area contributed by atoms with Crippen molar-refractivity contribution in [2.45, 2.75) is 0 Å². The predicted molar refractivity (Wildman–Crippen MR) is 96.8 cm³/mol. The van der Waals surface area contributed by atoms with Crippen molar-refractivity contribution in [3.8, 4) is 24.3 Å². The topological polar surface area (TPSA) is 95.2 Å². The summed E-state index contributed by atoms with van der Waals surface area (Å²) < 4.78 is 5.40. The first kappa shape index (κ1) is 16.7. The van der Waals surface area contributed by atoms with Crippen LogP contribution in [0.15, 0.2) is 36.4 Å². The van der Waals surface area contributed by atoms with Gasteiger partial charge >= 0.3 is 0 Å². The van der Waals surface area contributed by atoms with Gasteiger partial charge in [-0.25, -0.2) is 0 Å². The number of rotatable bonds is 0. The van der Waals surface area contributed by atoms with Gasteiger partial charge in [-0.3, -0.25) is 0 Å². The van der Waals surface area contributed by atoms with Gasteiger partial charge in [0, 0.05) is 18.1 Å². The maximum Gasteiger partial charge on any atom is 0.146 e. The van der Waals surface area contributed by atoms with Gasteiger partial charge in [-0.1, -0.05) is 0 Å². The van der Waals surface area contributed by atoms with Gasteiger partial charge in [0.2, 0.25) is 0 Å². The molecule has 116 valence electrons. The number of thiophene rings is 3. The highest BCUT2D eigenvalue weighted by atomic mass is 32.1. The number of nitrogens with zero attached hydrogens (tertiary/aromatic N) is 4. The Morgan fingerprint density at radius 3 is 1.20 bits per heavy atom. The summed E-state index contributed by atoms with van der Waals surface area (Å²) in [5, 5.41) is 35.8. The molecule has 0 amide bonds. The molecule has 25 heavy (non-hydrogen) atoms. The van der Waals surface area contributed by atoms with Crippen LogP contribution in [0, 0.1) is 63.5 Å². The SMILES string of the molecule is N#CC(C#N)=c1cc/c(=c2\cc/c(=c3\ccc(=C(C#N)C#N)s3)s2)s1. The molecule has 0 aliphatic rings. The molecule has 0 aromatic carbocycles. The first-order chi connectivity index (χ1) is 12.2. The van der Waals surface area contributed by atoms with E-state index < -0.39 is 0 Å². The molecule has 7 heteroatoms. The van der Waals surface area contributed by atoms with E-state index in [2.05, 4.69) is 0 Å². The quantitative estimate of drug-likeness (QED) is 0.604. The van der Waals surface area contributed by atoms with Crippen molar-refractivity contribution in [2.75, 3.05) is 0 Å². The van der Waals surface area contributed by atoms with Gasteiger partial charge in [0.25, 0.3) is 0 Å². The summed E-state index contributed by atoms with van der Waals surface area (Å²) >= 11 is 4.41. The molecule has 0 fully saturated rings. The zero-order chi connectivity index (χ0) is 17.8. The Hall–Kier alpha value is -3.20. The molecule has 0 N–H and O–H groups in total. The third-order valence-electron chi connectivity index (χ3n) is 3.24. The Morgan fingerprint density at radius 2 is 0.840 bits per heavy atom. The highest BCUT2D eigenvalue weighted by Crippen LogP contribution is 2.13. The molecule has 0 unspecified atom stereocenters. The average Bonchev–Trinajstić information content (AvgIpc) is 3.37. The Bertz CT molecular complexity index is 1300. The van der Waals surface area contributed by atoms with Crippen LogP contribution in [0.4, 0.5) is 0 Å². The summed E-state index contributed by atoms with van der Waals surface area (Å²) in [7, 11) is 0. The van der Waals surface area contributed by atoms with Crippen molar-refractivity contribution in [3.63, 3.8) is 0 Å². The standard InChI is InChI=1S/C18H6N4S3/c19-7-11(8-20)13-1-3-15(23-13)17-5-6-18(25-17)16-4-2-14(24-16)12(9-21)10-22/h1-6H/b17-15-,18-16-. The molecule has 0 spiro atoms. The zero-order valence-corrected chi connectivity index (χ0v) is 14.9. The van der Waals surface area contributed by atoms with Crippen LogP contribution in [-0.4, -0.2) is 0 Å². The lowest BCUT2D eigenvalue weighted by molar-refractivity contribution is 1.51. The summed E-state index contributed by atoms with van der Waals surface area (Å²) in [6, 6.07) is 19.0.